The molecule has 7 rings (SSSR count). The molecule has 0 saturated heterocycles. The number of carboxylic acids is 1. The number of amides is 1. The van der Waals surface area contributed by atoms with Gasteiger partial charge >= 0.3 is 5.97 Å². The molecule has 0 bridgehead atoms. The number of ether oxygens (including phenoxy) is 3. The summed E-state index contributed by atoms with van der Waals surface area (Å²) in [6.45, 7) is 1.74. The molecule has 13 nitrogen and oxygen atoms in total. The van der Waals surface area contributed by atoms with E-state index in [1.165, 1.54) is 6.92 Å². The lowest BCUT2D eigenvalue weighted by Crippen LogP contribution is -2.55. The molecule has 4 N–H and O–H groups in total. The lowest BCUT2D eigenvalue weighted by atomic mass is 9.94. The molecule has 5 aromatic rings. The second-order valence-corrected chi connectivity index (χ2v) is 17.3. The van der Waals surface area contributed by atoms with Crippen LogP contribution in [0.2, 0.25) is 10.0 Å². The minimum absolute atomic E-state index is 0.0398. The fourth-order valence-electron chi connectivity index (χ4n) is 6.44. The molecule has 1 amide bonds. The normalized spacial score (nSPS) is 16.5. The second kappa shape index (κ2) is 17.0. The highest BCUT2D eigenvalue weighted by Crippen LogP contribution is 2.42. The van der Waals surface area contributed by atoms with Crippen molar-refractivity contribution in [2.75, 3.05) is 12.3 Å². The number of nitriles is 1. The molecule has 17 heteroatoms. The number of hydrogen-bond donors (Lipinski definition) is 3. The summed E-state index contributed by atoms with van der Waals surface area (Å²) in [6.07, 6.45) is -0.858. The first-order valence-electron chi connectivity index (χ1n) is 17.7. The molecule has 3 atom stereocenters. The van der Waals surface area contributed by atoms with Gasteiger partial charge in [-0.05, 0) is 96.3 Å². The van der Waals surface area contributed by atoms with Crippen molar-refractivity contribution in [3.05, 3.63) is 128 Å². The Morgan fingerprint density at radius 2 is 1.78 bits per heavy atom. The number of nitrogen functional groups attached to an aromatic ring is 1. The van der Waals surface area contributed by atoms with Crippen LogP contribution in [0.5, 0.6) is 17.2 Å². The van der Waals surface area contributed by atoms with Gasteiger partial charge in [-0.2, -0.15) is 9.57 Å². The average molecular weight is 859 g/mol. The van der Waals surface area contributed by atoms with Crippen molar-refractivity contribution in [1.29, 1.82) is 5.26 Å². The van der Waals surface area contributed by atoms with E-state index in [0.29, 0.717) is 56.2 Å². The number of carbonyl (C=O) groups is 2. The number of fused-ring (bicyclic) bond motifs is 2. The van der Waals surface area contributed by atoms with Crippen LogP contribution in [0.25, 0.3) is 0 Å². The zero-order valence-corrected chi connectivity index (χ0v) is 33.7. The maximum absolute atomic E-state index is 14.3. The molecule has 2 aliphatic heterocycles. The van der Waals surface area contributed by atoms with Crippen LogP contribution in [-0.4, -0.2) is 53.4 Å². The van der Waals surface area contributed by atoms with E-state index in [-0.39, 0.29) is 41.0 Å². The quantitative estimate of drug-likeness (QED) is 0.131. The zero-order valence-electron chi connectivity index (χ0n) is 30.6. The molecular formula is C41H33Cl2N5O8S2. The number of nitrogens with zero attached hydrogens (tertiary/aromatic N) is 3. The van der Waals surface area contributed by atoms with Crippen LogP contribution in [-0.2, 0) is 39.2 Å². The summed E-state index contributed by atoms with van der Waals surface area (Å²) in [4.78, 5) is 30.4. The zero-order chi connectivity index (χ0) is 41.1. The number of anilines is 1. The van der Waals surface area contributed by atoms with E-state index in [4.69, 9.17) is 48.4 Å². The summed E-state index contributed by atoms with van der Waals surface area (Å²) in [5.74, 6) is 4.86. The molecule has 0 saturated carbocycles. The summed E-state index contributed by atoms with van der Waals surface area (Å²) in [5, 5.41) is 22.5. The highest BCUT2D eigenvalue weighted by Gasteiger charge is 2.43. The van der Waals surface area contributed by atoms with Gasteiger partial charge in [0.15, 0.2) is 26.9 Å². The molecule has 0 spiro atoms. The van der Waals surface area contributed by atoms with Gasteiger partial charge in [-0.25, -0.2) is 18.2 Å². The van der Waals surface area contributed by atoms with Gasteiger partial charge in [0.05, 0.1) is 27.4 Å². The van der Waals surface area contributed by atoms with Crippen LogP contribution in [0, 0.1) is 30.1 Å². The first-order valence-corrected chi connectivity index (χ1v) is 20.7. The SMILES string of the molecule is Cc1nc(N)sc1S(=O)(=O)N1Cc2cc3c(cc2C[C@H]1C(=O)N[C@@H](CC#Cc1ccc(C#N)cc1)C(=O)O)OCC(c1ccc(OCc2ccc(Cl)c(Cl)c2)cc1)O3. The maximum atomic E-state index is 14.3. The molecule has 296 valence electrons. The van der Waals surface area contributed by atoms with Crippen molar-refractivity contribution in [1.82, 2.24) is 14.6 Å². The van der Waals surface area contributed by atoms with Gasteiger partial charge in [0, 0.05) is 18.5 Å². The van der Waals surface area contributed by atoms with Gasteiger partial charge < -0.3 is 30.4 Å². The van der Waals surface area contributed by atoms with Crippen molar-refractivity contribution in [3.8, 4) is 35.2 Å². The largest absolute Gasteiger partial charge is 0.489 e. The average Bonchev–Trinajstić information content (AvgIpc) is 3.57. The first-order chi connectivity index (χ1) is 27.8. The Kier molecular flexibility index (Phi) is 11.8. The topological polar surface area (TPSA) is 194 Å². The monoisotopic (exact) mass is 857 g/mol. The van der Waals surface area contributed by atoms with Crippen LogP contribution in [0.15, 0.2) is 83.1 Å². The lowest BCUT2D eigenvalue weighted by molar-refractivity contribution is -0.142. The number of nitrogens with two attached hydrogens (primary N) is 1. The number of thiazole rings is 1. The Balaban J connectivity index is 1.10. The third-order valence-corrected chi connectivity index (χ3v) is 13.6. The van der Waals surface area contributed by atoms with E-state index in [9.17, 15) is 23.1 Å². The molecule has 1 aromatic heterocycles. The van der Waals surface area contributed by atoms with Crippen molar-refractivity contribution in [3.63, 3.8) is 0 Å². The number of halogens is 2. The predicted octanol–water partition coefficient (Wildman–Crippen LogP) is 6.43. The van der Waals surface area contributed by atoms with Crippen LogP contribution in [0.4, 0.5) is 5.13 Å². The Hall–Kier alpha value is -5.81. The number of nitrogens with one attached hydrogen (secondary N) is 1. The summed E-state index contributed by atoms with van der Waals surface area (Å²) in [7, 11) is -4.38. The molecule has 1 unspecified atom stereocenters. The number of hydrogen-bond acceptors (Lipinski definition) is 11. The molecule has 0 fully saturated rings. The molecule has 3 heterocycles. The predicted molar refractivity (Wildman–Crippen MR) is 216 cm³/mol. The second-order valence-electron chi connectivity index (χ2n) is 13.4. The van der Waals surface area contributed by atoms with Gasteiger partial charge in [-0.3, -0.25) is 4.79 Å². The van der Waals surface area contributed by atoms with Gasteiger partial charge in [-0.1, -0.05) is 64.6 Å². The lowest BCUT2D eigenvalue weighted by Gasteiger charge is -2.36. The van der Waals surface area contributed by atoms with Gasteiger partial charge in [0.1, 0.15) is 31.0 Å². The maximum Gasteiger partial charge on any atom is 0.327 e. The number of aromatic nitrogens is 1. The highest BCUT2D eigenvalue weighted by molar-refractivity contribution is 7.91. The molecule has 0 aliphatic carbocycles. The number of carbonyl (C=O) groups excluding carboxylic acids is 1. The number of aryl methyl sites for hydroxylation is 1. The summed E-state index contributed by atoms with van der Waals surface area (Å²) in [5.41, 5.74) is 9.92. The summed E-state index contributed by atoms with van der Waals surface area (Å²) >= 11 is 12.9. The van der Waals surface area contributed by atoms with Crippen LogP contribution in [0.1, 0.15) is 51.6 Å². The Morgan fingerprint density at radius 3 is 2.45 bits per heavy atom. The minimum atomic E-state index is -4.38. The van der Waals surface area contributed by atoms with E-state index >= 15 is 0 Å². The third kappa shape index (κ3) is 8.84. The fourth-order valence-corrected chi connectivity index (χ4v) is 9.74. The van der Waals surface area contributed by atoms with Crippen molar-refractivity contribution >= 4 is 61.6 Å². The number of rotatable bonds is 10. The molecule has 2 aliphatic rings. The van der Waals surface area contributed by atoms with Crippen LogP contribution in [0.3, 0.4) is 0 Å². The first kappa shape index (κ1) is 40.4. The fraction of sp³-hybridized carbons (Fsp3) is 0.220. The number of carboxylic acid groups (broad SMARTS) is 1. The third-order valence-electron chi connectivity index (χ3n) is 9.44. The minimum Gasteiger partial charge on any atom is -0.489 e. The number of sulfonamides is 1. The van der Waals surface area contributed by atoms with E-state index in [1.54, 1.807) is 48.5 Å². The van der Waals surface area contributed by atoms with E-state index in [1.807, 2.05) is 36.4 Å². The van der Waals surface area contributed by atoms with E-state index in [0.717, 1.165) is 26.8 Å². The summed E-state index contributed by atoms with van der Waals surface area (Å²) in [6, 6.07) is 21.7. The van der Waals surface area contributed by atoms with Gasteiger partial charge in [0.25, 0.3) is 10.0 Å². The Bertz CT molecular complexity index is 2620. The van der Waals surface area contributed by atoms with Crippen LogP contribution >= 0.6 is 34.5 Å². The molecular weight excluding hydrogens is 826 g/mol. The van der Waals surface area contributed by atoms with Crippen LogP contribution < -0.4 is 25.3 Å². The van der Waals surface area contributed by atoms with E-state index < -0.39 is 40.1 Å². The number of aliphatic carboxylic acids is 1. The molecule has 4 aromatic carbocycles. The van der Waals surface area contributed by atoms with Crippen molar-refractivity contribution < 1.29 is 37.3 Å². The number of benzene rings is 4. The van der Waals surface area contributed by atoms with E-state index in [2.05, 4.69) is 22.1 Å². The standard InChI is InChI=1S/C41H33Cl2N5O8S2/c1-23-40(57-41(45)46-23)58(52,53)48-20-29-18-36-35(55-22-37(56-36)27-10-12-30(13-11-27)54-21-26-9-14-31(42)32(43)15-26)17-28(29)16-34(48)38(49)47-33(39(50)51)4-2-3-24-5-7-25(19-44)8-6-24/h5-15,17-18,33-34,37H,4,16,20-22H2,1H3,(H2,45,46)(H,47,49)(H,50,51)/t33-,34-,37?/m0/s1. The summed E-state index contributed by atoms with van der Waals surface area (Å²) < 4.78 is 47.9. The highest BCUT2D eigenvalue weighted by atomic mass is 35.5. The van der Waals surface area contributed by atoms with Gasteiger partial charge in [0.2, 0.25) is 5.91 Å². The van der Waals surface area contributed by atoms with Gasteiger partial charge in [-0.15, -0.1) is 0 Å². The Morgan fingerprint density at radius 1 is 1.05 bits per heavy atom. The Labute approximate surface area is 347 Å². The molecule has 58 heavy (non-hydrogen) atoms. The molecule has 0 radical (unpaired) electrons. The van der Waals surface area contributed by atoms with Crippen molar-refractivity contribution in [2.45, 2.75) is 55.3 Å². The smallest absolute Gasteiger partial charge is 0.327 e. The van der Waals surface area contributed by atoms with Crippen molar-refractivity contribution in [2.24, 2.45) is 0 Å².